The first-order chi connectivity index (χ1) is 9.15. The zero-order valence-corrected chi connectivity index (χ0v) is 11.8. The number of fused-ring (bicyclic) bond motifs is 1. The van der Waals surface area contributed by atoms with E-state index in [1.54, 1.807) is 12.1 Å². The predicted molar refractivity (Wildman–Crippen MR) is 75.2 cm³/mol. The van der Waals surface area contributed by atoms with E-state index in [-0.39, 0.29) is 12.2 Å². The maximum atomic E-state index is 12.1. The highest BCUT2D eigenvalue weighted by Crippen LogP contribution is 2.18. The summed E-state index contributed by atoms with van der Waals surface area (Å²) in [5.74, 6) is 1.00. The Morgan fingerprint density at radius 1 is 1.32 bits per heavy atom. The number of benzene rings is 1. The lowest BCUT2D eigenvalue weighted by Gasteiger charge is -2.00. The Labute approximate surface area is 118 Å². The average molecular weight is 319 g/mol. The summed E-state index contributed by atoms with van der Waals surface area (Å²) in [6.45, 7) is 0. The molecule has 0 bridgehead atoms. The van der Waals surface area contributed by atoms with Gasteiger partial charge in [0.1, 0.15) is 5.82 Å². The van der Waals surface area contributed by atoms with Crippen LogP contribution in [-0.4, -0.2) is 15.3 Å². The predicted octanol–water partition coefficient (Wildman–Crippen LogP) is 3.35. The molecule has 19 heavy (non-hydrogen) atoms. The van der Waals surface area contributed by atoms with Gasteiger partial charge >= 0.3 is 0 Å². The molecule has 0 amide bonds. The van der Waals surface area contributed by atoms with Crippen LogP contribution in [0.3, 0.4) is 0 Å². The van der Waals surface area contributed by atoms with Crippen LogP contribution in [0.4, 0.5) is 0 Å². The van der Waals surface area contributed by atoms with E-state index in [0.29, 0.717) is 10.4 Å². The van der Waals surface area contributed by atoms with Crippen LogP contribution < -0.4 is 0 Å². The van der Waals surface area contributed by atoms with Gasteiger partial charge in [-0.25, -0.2) is 4.98 Å². The van der Waals surface area contributed by atoms with Crippen molar-refractivity contribution in [1.29, 1.82) is 0 Å². The monoisotopic (exact) mass is 318 g/mol. The normalized spacial score (nSPS) is 11.1. The van der Waals surface area contributed by atoms with Crippen molar-refractivity contribution in [3.63, 3.8) is 0 Å². The number of para-hydroxylation sites is 2. The molecule has 1 aromatic carbocycles. The van der Waals surface area contributed by atoms with Gasteiger partial charge < -0.3 is 8.98 Å². The first-order valence-corrected chi connectivity index (χ1v) is 6.63. The van der Waals surface area contributed by atoms with Crippen LogP contribution in [0.25, 0.3) is 11.0 Å². The SMILES string of the molecule is Cn1c(CC(=O)c2ccc(Br)o2)nc2ccccc21. The largest absolute Gasteiger partial charge is 0.446 e. The number of aryl methyl sites for hydroxylation is 1. The molecule has 5 heteroatoms. The summed E-state index contributed by atoms with van der Waals surface area (Å²) in [6.07, 6.45) is 0.227. The number of hydrogen-bond donors (Lipinski definition) is 0. The van der Waals surface area contributed by atoms with Crippen LogP contribution in [0.5, 0.6) is 0 Å². The van der Waals surface area contributed by atoms with Crippen LogP contribution in [-0.2, 0) is 13.5 Å². The average Bonchev–Trinajstić information content (AvgIpc) is 2.96. The second kappa shape index (κ2) is 4.66. The topological polar surface area (TPSA) is 48.0 Å². The van der Waals surface area contributed by atoms with E-state index >= 15 is 0 Å². The summed E-state index contributed by atoms with van der Waals surface area (Å²) in [5, 5.41) is 0. The van der Waals surface area contributed by atoms with Crippen LogP contribution in [0.2, 0.25) is 0 Å². The maximum Gasteiger partial charge on any atom is 0.205 e. The molecule has 0 N–H and O–H groups in total. The highest BCUT2D eigenvalue weighted by atomic mass is 79.9. The minimum atomic E-state index is -0.0795. The number of aromatic nitrogens is 2. The van der Waals surface area contributed by atoms with Gasteiger partial charge in [0.05, 0.1) is 17.5 Å². The Kier molecular flexibility index (Phi) is 2.98. The van der Waals surface area contributed by atoms with Crippen molar-refractivity contribution in [3.05, 3.63) is 52.7 Å². The Morgan fingerprint density at radius 3 is 2.79 bits per heavy atom. The first-order valence-electron chi connectivity index (χ1n) is 5.84. The fraction of sp³-hybridized carbons (Fsp3) is 0.143. The van der Waals surface area contributed by atoms with Gasteiger partial charge in [-0.1, -0.05) is 12.1 Å². The number of Topliss-reactive ketones (excluding diaryl/α,β-unsaturated/α-hetero) is 1. The molecular formula is C14H11BrN2O2. The minimum absolute atomic E-state index is 0.0795. The molecule has 0 atom stereocenters. The molecule has 0 spiro atoms. The van der Waals surface area contributed by atoms with Crippen molar-refractivity contribution >= 4 is 32.7 Å². The lowest BCUT2D eigenvalue weighted by Crippen LogP contribution is -2.07. The fourth-order valence-corrected chi connectivity index (χ4v) is 2.35. The molecule has 2 heterocycles. The number of halogens is 1. The van der Waals surface area contributed by atoms with E-state index in [4.69, 9.17) is 4.42 Å². The Bertz CT molecular complexity index is 758. The van der Waals surface area contributed by atoms with Crippen molar-refractivity contribution in [2.75, 3.05) is 0 Å². The fourth-order valence-electron chi connectivity index (χ4n) is 2.05. The highest BCUT2D eigenvalue weighted by molar-refractivity contribution is 9.10. The lowest BCUT2D eigenvalue weighted by atomic mass is 10.2. The van der Waals surface area contributed by atoms with Crippen LogP contribution in [0, 0.1) is 0 Å². The van der Waals surface area contributed by atoms with Gasteiger partial charge in [-0.2, -0.15) is 0 Å². The van der Waals surface area contributed by atoms with E-state index in [1.165, 1.54) is 0 Å². The van der Waals surface area contributed by atoms with Gasteiger partial charge in [-0.3, -0.25) is 4.79 Å². The summed E-state index contributed by atoms with van der Waals surface area (Å²) in [5.41, 5.74) is 1.92. The molecule has 3 aromatic rings. The third-order valence-electron chi connectivity index (χ3n) is 3.05. The van der Waals surface area contributed by atoms with Crippen LogP contribution in [0.1, 0.15) is 16.4 Å². The lowest BCUT2D eigenvalue weighted by molar-refractivity contribution is 0.0962. The Morgan fingerprint density at radius 2 is 2.11 bits per heavy atom. The van der Waals surface area contributed by atoms with E-state index < -0.39 is 0 Å². The molecule has 0 fully saturated rings. The van der Waals surface area contributed by atoms with Crippen molar-refractivity contribution in [1.82, 2.24) is 9.55 Å². The van der Waals surface area contributed by atoms with Gasteiger partial charge in [0.25, 0.3) is 0 Å². The number of hydrogen-bond acceptors (Lipinski definition) is 3. The quantitative estimate of drug-likeness (QED) is 0.696. The van der Waals surface area contributed by atoms with Crippen LogP contribution >= 0.6 is 15.9 Å². The van der Waals surface area contributed by atoms with Gasteiger partial charge in [-0.15, -0.1) is 0 Å². The zero-order valence-electron chi connectivity index (χ0n) is 10.3. The summed E-state index contributed by atoms with van der Waals surface area (Å²) in [7, 11) is 1.91. The van der Waals surface area contributed by atoms with Gasteiger partial charge in [0, 0.05) is 7.05 Å². The third kappa shape index (κ3) is 2.21. The first kappa shape index (κ1) is 12.2. The molecule has 0 unspecified atom stereocenters. The van der Waals surface area contributed by atoms with Gasteiger partial charge in [0.2, 0.25) is 5.78 Å². The molecule has 0 saturated heterocycles. The molecule has 0 radical (unpaired) electrons. The van der Waals surface area contributed by atoms with Crippen molar-refractivity contribution in [2.45, 2.75) is 6.42 Å². The number of carbonyl (C=O) groups is 1. The van der Waals surface area contributed by atoms with E-state index in [1.807, 2.05) is 35.9 Å². The standard InChI is InChI=1S/C14H11BrN2O2/c1-17-10-5-3-2-4-9(10)16-14(17)8-11(18)12-6-7-13(15)19-12/h2-7H,8H2,1H3. The summed E-state index contributed by atoms with van der Waals surface area (Å²) in [4.78, 5) is 16.6. The maximum absolute atomic E-state index is 12.1. The van der Waals surface area contributed by atoms with Gasteiger partial charge in [0.15, 0.2) is 10.4 Å². The molecule has 2 aromatic heterocycles. The smallest absolute Gasteiger partial charge is 0.205 e. The molecule has 96 valence electrons. The summed E-state index contributed by atoms with van der Waals surface area (Å²) >= 11 is 3.19. The number of nitrogens with zero attached hydrogens (tertiary/aromatic N) is 2. The van der Waals surface area contributed by atoms with Crippen molar-refractivity contribution in [3.8, 4) is 0 Å². The van der Waals surface area contributed by atoms with E-state index in [2.05, 4.69) is 20.9 Å². The molecule has 3 rings (SSSR count). The van der Waals surface area contributed by atoms with E-state index in [9.17, 15) is 4.79 Å². The zero-order chi connectivity index (χ0) is 13.4. The number of ketones is 1. The number of furan rings is 1. The van der Waals surface area contributed by atoms with E-state index in [0.717, 1.165) is 16.9 Å². The number of carbonyl (C=O) groups excluding carboxylic acids is 1. The number of rotatable bonds is 3. The molecule has 0 saturated carbocycles. The Hall–Kier alpha value is -1.88. The van der Waals surface area contributed by atoms with Crippen molar-refractivity contribution < 1.29 is 9.21 Å². The molecule has 0 aliphatic carbocycles. The molecule has 0 aliphatic rings. The highest BCUT2D eigenvalue weighted by Gasteiger charge is 2.15. The molecule has 0 aliphatic heterocycles. The number of imidazole rings is 1. The van der Waals surface area contributed by atoms with Crippen molar-refractivity contribution in [2.24, 2.45) is 7.05 Å². The second-order valence-corrected chi connectivity index (χ2v) is 5.06. The Balaban J connectivity index is 1.93. The molecule has 4 nitrogen and oxygen atoms in total. The molecular weight excluding hydrogens is 308 g/mol. The third-order valence-corrected chi connectivity index (χ3v) is 3.47. The van der Waals surface area contributed by atoms with Crippen LogP contribution in [0.15, 0.2) is 45.5 Å². The second-order valence-electron chi connectivity index (χ2n) is 4.28. The minimum Gasteiger partial charge on any atom is -0.446 e. The van der Waals surface area contributed by atoms with Gasteiger partial charge in [-0.05, 0) is 40.2 Å². The summed E-state index contributed by atoms with van der Waals surface area (Å²) in [6, 6.07) is 11.2. The summed E-state index contributed by atoms with van der Waals surface area (Å²) < 4.78 is 7.75.